The molecule has 0 radical (unpaired) electrons. The van der Waals surface area contributed by atoms with Crippen LogP contribution < -0.4 is 5.32 Å². The highest BCUT2D eigenvalue weighted by molar-refractivity contribution is 7.98. The molecule has 0 atom stereocenters. The van der Waals surface area contributed by atoms with Crippen LogP contribution in [0.3, 0.4) is 0 Å². The van der Waals surface area contributed by atoms with Gasteiger partial charge in [0.2, 0.25) is 0 Å². The lowest BCUT2D eigenvalue weighted by molar-refractivity contribution is 0.102. The molecule has 2 aromatic rings. The first-order valence-corrected chi connectivity index (χ1v) is 8.23. The summed E-state index contributed by atoms with van der Waals surface area (Å²) in [5.41, 5.74) is 2.13. The summed E-state index contributed by atoms with van der Waals surface area (Å²) in [5, 5.41) is 3.26. The molecule has 1 heterocycles. The molecule has 21 heavy (non-hydrogen) atoms. The molecule has 2 rings (SSSR count). The summed E-state index contributed by atoms with van der Waals surface area (Å²) in [6.07, 6.45) is 1.98. The first kappa shape index (κ1) is 15.9. The number of carbonyl (C=O) groups is 1. The van der Waals surface area contributed by atoms with Gasteiger partial charge in [-0.05, 0) is 36.4 Å². The second kappa shape index (κ2) is 6.96. The summed E-state index contributed by atoms with van der Waals surface area (Å²) in [7, 11) is 0. The molecule has 1 aromatic carbocycles. The fourth-order valence-corrected chi connectivity index (χ4v) is 2.66. The Balaban J connectivity index is 2.28. The second-order valence-corrected chi connectivity index (χ2v) is 6.15. The summed E-state index contributed by atoms with van der Waals surface area (Å²) in [6.45, 7) is 4.03. The van der Waals surface area contributed by atoms with Gasteiger partial charge in [-0.25, -0.2) is 4.98 Å². The number of carbonyl (C=O) groups excluding carboxylic acids is 1. The van der Waals surface area contributed by atoms with Crippen molar-refractivity contribution in [1.29, 1.82) is 0 Å². The maximum Gasteiger partial charge on any atom is 0.255 e. The normalized spacial score (nSPS) is 10.7. The van der Waals surface area contributed by atoms with Gasteiger partial charge in [0.15, 0.2) is 0 Å². The minimum absolute atomic E-state index is 0.178. The quantitative estimate of drug-likeness (QED) is 0.648. The van der Waals surface area contributed by atoms with Crippen LogP contribution in [0.2, 0.25) is 5.15 Å². The van der Waals surface area contributed by atoms with Gasteiger partial charge in [0.05, 0.1) is 5.69 Å². The lowest BCUT2D eigenvalue weighted by Crippen LogP contribution is -2.13. The van der Waals surface area contributed by atoms with Crippen molar-refractivity contribution in [3.63, 3.8) is 0 Å². The molecule has 0 saturated carbocycles. The van der Waals surface area contributed by atoms with Gasteiger partial charge in [0.25, 0.3) is 5.91 Å². The topological polar surface area (TPSA) is 42.0 Å². The number of nitrogens with one attached hydrogen (secondary N) is 1. The van der Waals surface area contributed by atoms with Crippen LogP contribution in [-0.2, 0) is 0 Å². The molecule has 0 bridgehead atoms. The number of aromatic nitrogens is 1. The van der Waals surface area contributed by atoms with Crippen molar-refractivity contribution in [2.75, 3.05) is 11.6 Å². The van der Waals surface area contributed by atoms with Crippen molar-refractivity contribution < 1.29 is 4.79 Å². The van der Waals surface area contributed by atoms with Gasteiger partial charge in [0.1, 0.15) is 5.15 Å². The molecule has 0 fully saturated rings. The molecule has 0 saturated heterocycles. The van der Waals surface area contributed by atoms with Gasteiger partial charge in [-0.15, -0.1) is 11.8 Å². The van der Waals surface area contributed by atoms with Crippen LogP contribution in [0.1, 0.15) is 35.8 Å². The third-order valence-corrected chi connectivity index (χ3v) is 4.01. The maximum atomic E-state index is 12.4. The highest BCUT2D eigenvalue weighted by Crippen LogP contribution is 2.25. The Morgan fingerprint density at radius 2 is 2.00 bits per heavy atom. The third kappa shape index (κ3) is 3.99. The predicted molar refractivity (Wildman–Crippen MR) is 89.5 cm³/mol. The average molecular weight is 321 g/mol. The largest absolute Gasteiger partial charge is 0.321 e. The van der Waals surface area contributed by atoms with Crippen LogP contribution in [0.15, 0.2) is 41.3 Å². The summed E-state index contributed by atoms with van der Waals surface area (Å²) in [5.74, 6) is 0.0384. The van der Waals surface area contributed by atoms with E-state index in [1.165, 1.54) is 0 Å². The van der Waals surface area contributed by atoms with Crippen molar-refractivity contribution in [3.05, 3.63) is 52.8 Å². The molecule has 5 heteroatoms. The Bertz CT molecular complexity index is 658. The van der Waals surface area contributed by atoms with Crippen LogP contribution in [0.25, 0.3) is 0 Å². The highest BCUT2D eigenvalue weighted by atomic mass is 35.5. The number of thioether (sulfide) groups is 1. The summed E-state index contributed by atoms with van der Waals surface area (Å²) in [6, 6.07) is 11.1. The van der Waals surface area contributed by atoms with Gasteiger partial charge in [-0.2, -0.15) is 0 Å². The van der Waals surface area contributed by atoms with E-state index in [2.05, 4.69) is 10.3 Å². The van der Waals surface area contributed by atoms with E-state index in [1.54, 1.807) is 23.9 Å². The maximum absolute atomic E-state index is 12.4. The molecule has 3 nitrogen and oxygen atoms in total. The number of hydrogen-bond donors (Lipinski definition) is 1. The standard InChI is InChI=1S/C16H17ClN2OS/c1-10(2)13-8-11(9-15(17)18-13)16(20)19-12-6-4-5-7-14(12)21-3/h4-10H,1-3H3,(H,19,20). The fourth-order valence-electron chi connectivity index (χ4n) is 1.89. The number of benzene rings is 1. The smallest absolute Gasteiger partial charge is 0.255 e. The minimum atomic E-state index is -0.178. The Hall–Kier alpha value is -1.52. The Kier molecular flexibility index (Phi) is 5.26. The van der Waals surface area contributed by atoms with Gasteiger partial charge in [0, 0.05) is 16.2 Å². The first-order chi connectivity index (χ1) is 10.0. The van der Waals surface area contributed by atoms with Crippen molar-refractivity contribution in [1.82, 2.24) is 4.98 Å². The van der Waals surface area contributed by atoms with Crippen LogP contribution in [0.4, 0.5) is 5.69 Å². The van der Waals surface area contributed by atoms with Crippen molar-refractivity contribution in [3.8, 4) is 0 Å². The zero-order valence-corrected chi connectivity index (χ0v) is 13.8. The SMILES string of the molecule is CSc1ccccc1NC(=O)c1cc(Cl)nc(C(C)C)c1. The number of rotatable bonds is 4. The lowest BCUT2D eigenvalue weighted by atomic mass is 10.1. The minimum Gasteiger partial charge on any atom is -0.321 e. The van der Waals surface area contributed by atoms with E-state index < -0.39 is 0 Å². The fraction of sp³-hybridized carbons (Fsp3) is 0.250. The number of halogens is 1. The van der Waals surface area contributed by atoms with Gasteiger partial charge in [-0.3, -0.25) is 4.79 Å². The van der Waals surface area contributed by atoms with Crippen LogP contribution >= 0.6 is 23.4 Å². The predicted octanol–water partition coefficient (Wildman–Crippen LogP) is 4.83. The van der Waals surface area contributed by atoms with Gasteiger partial charge >= 0.3 is 0 Å². The first-order valence-electron chi connectivity index (χ1n) is 6.63. The lowest BCUT2D eigenvalue weighted by Gasteiger charge is -2.11. The van der Waals surface area contributed by atoms with Crippen molar-refractivity contribution >= 4 is 35.0 Å². The molecule has 1 aromatic heterocycles. The van der Waals surface area contributed by atoms with E-state index in [9.17, 15) is 4.79 Å². The second-order valence-electron chi connectivity index (χ2n) is 4.91. The number of para-hydroxylation sites is 1. The van der Waals surface area contributed by atoms with E-state index >= 15 is 0 Å². The molecule has 110 valence electrons. The van der Waals surface area contributed by atoms with E-state index in [0.29, 0.717) is 10.7 Å². The molecule has 0 aliphatic rings. The van der Waals surface area contributed by atoms with Crippen molar-refractivity contribution in [2.45, 2.75) is 24.7 Å². The highest BCUT2D eigenvalue weighted by Gasteiger charge is 2.12. The van der Waals surface area contributed by atoms with Crippen molar-refractivity contribution in [2.24, 2.45) is 0 Å². The van der Waals surface area contributed by atoms with Crippen LogP contribution in [-0.4, -0.2) is 17.1 Å². The molecular formula is C16H17ClN2OS. The van der Waals surface area contributed by atoms with E-state index in [4.69, 9.17) is 11.6 Å². The Labute approximate surface area is 134 Å². The number of amides is 1. The summed E-state index contributed by atoms with van der Waals surface area (Å²) >= 11 is 7.60. The third-order valence-electron chi connectivity index (χ3n) is 3.02. The number of hydrogen-bond acceptors (Lipinski definition) is 3. The molecular weight excluding hydrogens is 304 g/mol. The zero-order chi connectivity index (χ0) is 15.4. The van der Waals surface area contributed by atoms with Gasteiger partial charge in [-0.1, -0.05) is 37.6 Å². The van der Waals surface area contributed by atoms with E-state index in [-0.39, 0.29) is 11.8 Å². The number of anilines is 1. The molecule has 0 unspecified atom stereocenters. The van der Waals surface area contributed by atoms with Gasteiger partial charge < -0.3 is 5.32 Å². The Morgan fingerprint density at radius 1 is 1.29 bits per heavy atom. The molecule has 0 aliphatic heterocycles. The average Bonchev–Trinajstić information content (AvgIpc) is 2.47. The Morgan fingerprint density at radius 3 is 2.67 bits per heavy atom. The summed E-state index contributed by atoms with van der Waals surface area (Å²) in [4.78, 5) is 17.7. The monoisotopic (exact) mass is 320 g/mol. The van der Waals surface area contributed by atoms with Crippen LogP contribution in [0, 0.1) is 0 Å². The molecule has 1 amide bonds. The number of nitrogens with zero attached hydrogens (tertiary/aromatic N) is 1. The molecule has 0 aliphatic carbocycles. The molecule has 0 spiro atoms. The van der Waals surface area contributed by atoms with Crippen LogP contribution in [0.5, 0.6) is 0 Å². The summed E-state index contributed by atoms with van der Waals surface area (Å²) < 4.78 is 0. The number of pyridine rings is 1. The van der Waals surface area contributed by atoms with E-state index in [1.807, 2.05) is 44.4 Å². The molecule has 1 N–H and O–H groups in total. The van der Waals surface area contributed by atoms with E-state index in [0.717, 1.165) is 16.3 Å². The zero-order valence-electron chi connectivity index (χ0n) is 12.2.